The third-order valence-electron chi connectivity index (χ3n) is 7.88. The maximum absolute atomic E-state index is 16.4. The van der Waals surface area contributed by atoms with Gasteiger partial charge in [-0.25, -0.2) is 0 Å². The summed E-state index contributed by atoms with van der Waals surface area (Å²) in [6, 6.07) is 43.4. The van der Waals surface area contributed by atoms with Crippen molar-refractivity contribution in [1.82, 2.24) is 0 Å². The molecule has 0 fully saturated rings. The largest absolute Gasteiger partial charge is 0.309 e. The molecule has 0 unspecified atom stereocenters. The first-order valence-corrected chi connectivity index (χ1v) is 17.9. The van der Waals surface area contributed by atoms with Crippen molar-refractivity contribution in [3.8, 4) is 0 Å². The molecule has 42 heavy (non-hydrogen) atoms. The Labute approximate surface area is 251 Å². The zero-order valence-electron chi connectivity index (χ0n) is 25.4. The fourth-order valence-corrected chi connectivity index (χ4v) is 13.0. The number of hydrogen-bond donors (Lipinski definition) is 0. The van der Waals surface area contributed by atoms with Crippen LogP contribution in [0, 0.1) is 0 Å². The van der Waals surface area contributed by atoms with Crippen molar-refractivity contribution in [2.24, 2.45) is 0 Å². The van der Waals surface area contributed by atoms with E-state index < -0.39 is 14.3 Å². The highest BCUT2D eigenvalue weighted by Gasteiger charge is 2.45. The normalized spacial score (nSPS) is 12.7. The zero-order chi connectivity index (χ0) is 30.2. The molecular formula is C38H40O2P2. The summed E-state index contributed by atoms with van der Waals surface area (Å²) in [5, 5.41) is 4.36. The van der Waals surface area contributed by atoms with Crippen molar-refractivity contribution in [2.45, 2.75) is 52.4 Å². The summed E-state index contributed by atoms with van der Waals surface area (Å²) >= 11 is 0. The summed E-state index contributed by atoms with van der Waals surface area (Å²) in [4.78, 5) is 0. The monoisotopic (exact) mass is 590 g/mol. The highest BCUT2D eigenvalue weighted by Crippen LogP contribution is 2.52. The van der Waals surface area contributed by atoms with E-state index in [1.807, 2.05) is 121 Å². The zero-order valence-corrected chi connectivity index (χ0v) is 27.2. The molecule has 0 aromatic heterocycles. The van der Waals surface area contributed by atoms with Crippen LogP contribution in [0.5, 0.6) is 0 Å². The summed E-state index contributed by atoms with van der Waals surface area (Å²) in [7, 11) is -7.11. The van der Waals surface area contributed by atoms with Crippen LogP contribution in [0.15, 0.2) is 133 Å². The molecule has 0 bridgehead atoms. The van der Waals surface area contributed by atoms with Gasteiger partial charge in [-0.1, -0.05) is 175 Å². The molecule has 5 rings (SSSR count). The molecule has 2 nitrogen and oxygen atoms in total. The maximum Gasteiger partial charge on any atom is 0.172 e. The Balaban J connectivity index is 2.11. The molecule has 0 aliphatic carbocycles. The van der Waals surface area contributed by atoms with Crippen LogP contribution in [0.4, 0.5) is 0 Å². The van der Waals surface area contributed by atoms with Gasteiger partial charge in [0.15, 0.2) is 14.3 Å². The topological polar surface area (TPSA) is 34.1 Å². The molecule has 0 atom stereocenters. The van der Waals surface area contributed by atoms with Gasteiger partial charge in [-0.15, -0.1) is 0 Å². The van der Waals surface area contributed by atoms with Crippen molar-refractivity contribution in [2.75, 3.05) is 0 Å². The van der Waals surface area contributed by atoms with E-state index in [9.17, 15) is 0 Å². The number of rotatable bonds is 6. The Hall–Kier alpha value is -3.44. The van der Waals surface area contributed by atoms with Gasteiger partial charge in [0.1, 0.15) is 0 Å². The molecule has 0 heterocycles. The summed E-state index contributed by atoms with van der Waals surface area (Å²) in [5.74, 6) is 0. The van der Waals surface area contributed by atoms with Gasteiger partial charge in [0.2, 0.25) is 0 Å². The molecule has 0 amide bonds. The van der Waals surface area contributed by atoms with Gasteiger partial charge in [-0.3, -0.25) is 0 Å². The van der Waals surface area contributed by atoms with Crippen LogP contribution < -0.4 is 31.8 Å². The molecule has 0 saturated heterocycles. The maximum atomic E-state index is 16.4. The van der Waals surface area contributed by atoms with E-state index in [4.69, 9.17) is 0 Å². The van der Waals surface area contributed by atoms with E-state index in [1.54, 1.807) is 0 Å². The van der Waals surface area contributed by atoms with Crippen molar-refractivity contribution in [3.63, 3.8) is 0 Å². The van der Waals surface area contributed by atoms with E-state index in [0.717, 1.165) is 32.3 Å². The summed E-state index contributed by atoms with van der Waals surface area (Å²) in [5.41, 5.74) is 1.15. The van der Waals surface area contributed by atoms with Crippen molar-refractivity contribution >= 4 is 46.1 Å². The van der Waals surface area contributed by atoms with Crippen LogP contribution in [-0.4, -0.2) is 0 Å². The average Bonchev–Trinajstić information content (AvgIpc) is 3.00. The molecule has 0 spiro atoms. The summed E-state index contributed by atoms with van der Waals surface area (Å²) in [6.45, 7) is 12.9. The molecular weight excluding hydrogens is 550 g/mol. The fraction of sp³-hybridized carbons (Fsp3) is 0.211. The second-order valence-corrected chi connectivity index (χ2v) is 18.3. The second kappa shape index (κ2) is 11.3. The van der Waals surface area contributed by atoms with Crippen LogP contribution in [0.1, 0.15) is 52.7 Å². The van der Waals surface area contributed by atoms with Crippen LogP contribution in [0.3, 0.4) is 0 Å². The standard InChI is InChI=1S/C38H40O2P2/c1-37(2,3)33-27-28-34(38(4,5)6)36(42(40,31-23-15-9-16-24-31)32-25-17-10-18-26-32)35(33)41(39,29-19-11-7-12-20-29)30-21-13-8-14-22-30/h7-28H,1-6H3. The average molecular weight is 591 g/mol. The first-order chi connectivity index (χ1) is 19.9. The predicted molar refractivity (Wildman–Crippen MR) is 183 cm³/mol. The van der Waals surface area contributed by atoms with Gasteiger partial charge < -0.3 is 9.13 Å². The predicted octanol–water partition coefficient (Wildman–Crippen LogP) is 7.56. The Morgan fingerprint density at radius 3 is 0.762 bits per heavy atom. The Bertz CT molecular complexity index is 1540. The molecule has 0 N–H and O–H groups in total. The third-order valence-corrected chi connectivity index (χ3v) is 14.3. The first-order valence-electron chi connectivity index (χ1n) is 14.5. The molecule has 0 radical (unpaired) electrons. The van der Waals surface area contributed by atoms with E-state index in [-0.39, 0.29) is 10.8 Å². The molecule has 5 aromatic carbocycles. The summed E-state index contributed by atoms with van der Waals surface area (Å²) < 4.78 is 32.7. The van der Waals surface area contributed by atoms with E-state index in [1.165, 1.54) is 0 Å². The van der Waals surface area contributed by atoms with Crippen LogP contribution in [0.2, 0.25) is 0 Å². The van der Waals surface area contributed by atoms with E-state index >= 15 is 9.13 Å². The lowest BCUT2D eigenvalue weighted by Crippen LogP contribution is -2.46. The van der Waals surface area contributed by atoms with Gasteiger partial charge in [0, 0.05) is 31.8 Å². The van der Waals surface area contributed by atoms with Gasteiger partial charge in [-0.2, -0.15) is 0 Å². The lowest BCUT2D eigenvalue weighted by atomic mass is 9.82. The van der Waals surface area contributed by atoms with Crippen molar-refractivity contribution < 1.29 is 9.13 Å². The minimum Gasteiger partial charge on any atom is -0.309 e. The smallest absolute Gasteiger partial charge is 0.172 e. The highest BCUT2D eigenvalue weighted by molar-refractivity contribution is 7.91. The van der Waals surface area contributed by atoms with Crippen LogP contribution in [-0.2, 0) is 20.0 Å². The van der Waals surface area contributed by atoms with Gasteiger partial charge in [0.25, 0.3) is 0 Å². The molecule has 4 heteroatoms. The number of benzene rings is 5. The minimum atomic E-state index is -3.55. The lowest BCUT2D eigenvalue weighted by Gasteiger charge is -2.37. The number of hydrogen-bond acceptors (Lipinski definition) is 2. The molecule has 0 aliphatic rings. The Kier molecular flexibility index (Phi) is 8.10. The van der Waals surface area contributed by atoms with E-state index in [2.05, 4.69) is 53.7 Å². The molecule has 214 valence electrons. The quantitative estimate of drug-likeness (QED) is 0.191. The van der Waals surface area contributed by atoms with Crippen molar-refractivity contribution in [3.05, 3.63) is 145 Å². The summed E-state index contributed by atoms with van der Waals surface area (Å²) in [6.07, 6.45) is 0. The van der Waals surface area contributed by atoms with Crippen molar-refractivity contribution in [1.29, 1.82) is 0 Å². The van der Waals surface area contributed by atoms with Gasteiger partial charge in [-0.05, 0) is 22.0 Å². The van der Waals surface area contributed by atoms with Gasteiger partial charge >= 0.3 is 0 Å². The molecule has 0 saturated carbocycles. The fourth-order valence-electron chi connectivity index (χ4n) is 5.79. The first kappa shape index (κ1) is 30.0. The Morgan fingerprint density at radius 1 is 0.357 bits per heavy atom. The minimum absolute atomic E-state index is 0.377. The Morgan fingerprint density at radius 2 is 0.571 bits per heavy atom. The third kappa shape index (κ3) is 5.28. The van der Waals surface area contributed by atoms with Crippen LogP contribution >= 0.6 is 14.3 Å². The highest BCUT2D eigenvalue weighted by atomic mass is 31.2. The van der Waals surface area contributed by atoms with Gasteiger partial charge in [0.05, 0.1) is 0 Å². The van der Waals surface area contributed by atoms with Crippen LogP contribution in [0.25, 0.3) is 0 Å². The lowest BCUT2D eigenvalue weighted by molar-refractivity contribution is 0.574. The molecule has 5 aromatic rings. The molecule has 0 aliphatic heterocycles. The van der Waals surface area contributed by atoms with E-state index in [0.29, 0.717) is 10.6 Å². The second-order valence-electron chi connectivity index (χ2n) is 12.9. The SMILES string of the molecule is CC(C)(C)c1ccc(C(C)(C)C)c(P(=O)(c2ccccc2)c2ccccc2)c1P(=O)(c1ccccc1)c1ccccc1.